The van der Waals surface area contributed by atoms with Crippen LogP contribution in [0.5, 0.6) is 0 Å². The summed E-state index contributed by atoms with van der Waals surface area (Å²) in [6, 6.07) is 0. The van der Waals surface area contributed by atoms with Gasteiger partial charge in [0.25, 0.3) is 0 Å². The third-order valence-corrected chi connectivity index (χ3v) is 0. The molecule has 0 nitrogen and oxygen atoms in total. The van der Waals surface area contributed by atoms with Crippen molar-refractivity contribution in [1.82, 2.24) is 0 Å². The molecule has 0 atom stereocenters. The summed E-state index contributed by atoms with van der Waals surface area (Å²) >= 11 is 5.46. The van der Waals surface area contributed by atoms with E-state index in [1.807, 2.05) is 0 Å². The van der Waals surface area contributed by atoms with Gasteiger partial charge in [0.2, 0.25) is 0 Å². The molecule has 0 aliphatic rings. The normalized spacial score (nSPS) is 1.50. The van der Waals surface area contributed by atoms with E-state index in [1.54, 1.807) is 17.9 Å². The summed E-state index contributed by atoms with van der Waals surface area (Å²) < 4.78 is 0. The first-order valence-corrected chi connectivity index (χ1v) is 3.15. The zero-order valence-electron chi connectivity index (χ0n) is 1.47. The van der Waals surface area contributed by atoms with Gasteiger partial charge in [-0.3, -0.25) is 0 Å². The topological polar surface area (TPSA) is 0 Å². The van der Waals surface area contributed by atoms with Gasteiger partial charge in [-0.15, -0.1) is 0 Å². The fourth-order valence-corrected chi connectivity index (χ4v) is 0. The first-order chi connectivity index (χ1) is 1.00. The van der Waals surface area contributed by atoms with Gasteiger partial charge in [0.05, 0.1) is 0 Å². The van der Waals surface area contributed by atoms with Crippen molar-refractivity contribution < 1.29 is 68.6 Å². The SMILES string of the molecule is [Co].[Mo].[Ni][Mo]. The molecule has 0 unspecified atom stereocenters. The molecule has 4 heavy (non-hydrogen) atoms. The van der Waals surface area contributed by atoms with E-state index in [0.717, 1.165) is 0 Å². The predicted octanol–water partition coefficient (Wildman–Crippen LogP) is -0.0100. The first-order valence-electron chi connectivity index (χ1n) is 0.129. The Balaban J connectivity index is -0.00000000500. The monoisotopic (exact) mass is 313 g/mol. The van der Waals surface area contributed by atoms with Gasteiger partial charge in [-0.2, -0.15) is 0 Å². The molecule has 0 aliphatic heterocycles. The van der Waals surface area contributed by atoms with Crippen LogP contribution in [-0.4, -0.2) is 0 Å². The molecule has 0 amide bonds. The minimum atomic E-state index is 0. The van der Waals surface area contributed by atoms with Crippen LogP contribution < -0.4 is 0 Å². The first kappa shape index (κ1) is 16.2. The second kappa shape index (κ2) is 18.2. The summed E-state index contributed by atoms with van der Waals surface area (Å²) in [7, 11) is 0. The van der Waals surface area contributed by atoms with Gasteiger partial charge >= 0.3 is 30.7 Å². The van der Waals surface area contributed by atoms with Gasteiger partial charge in [-0.1, -0.05) is 0 Å². The van der Waals surface area contributed by atoms with E-state index in [9.17, 15) is 0 Å². The molecule has 0 aromatic carbocycles. The van der Waals surface area contributed by atoms with Gasteiger partial charge in [-0.05, 0) is 0 Å². The van der Waals surface area contributed by atoms with Crippen molar-refractivity contribution in [2.24, 2.45) is 0 Å². The van der Waals surface area contributed by atoms with Crippen molar-refractivity contribution in [1.29, 1.82) is 0 Å². The molecule has 4 heteroatoms. The fraction of sp³-hybridized carbons (Fsp3) is 0. The average molecular weight is 310 g/mol. The second-order valence-corrected chi connectivity index (χ2v) is 0. The molecule has 0 spiro atoms. The van der Waals surface area contributed by atoms with Crippen molar-refractivity contribution in [3.05, 3.63) is 0 Å². The standard InChI is InChI=1S/Co.2Mo.Ni. The van der Waals surface area contributed by atoms with Crippen molar-refractivity contribution in [3.8, 4) is 0 Å². The minimum absolute atomic E-state index is 0. The number of hydrogen-bond donors (Lipinski definition) is 0. The van der Waals surface area contributed by atoms with Crippen LogP contribution in [0.4, 0.5) is 0 Å². The summed E-state index contributed by atoms with van der Waals surface area (Å²) in [5.74, 6) is 0. The molecule has 0 N–H and O–H groups in total. The molecule has 0 aromatic rings. The number of hydrogen-bond acceptors (Lipinski definition) is 0. The van der Waals surface area contributed by atoms with E-state index >= 15 is 0 Å². The van der Waals surface area contributed by atoms with Gasteiger partial charge in [0.15, 0.2) is 0 Å². The van der Waals surface area contributed by atoms with Crippen LogP contribution >= 0.6 is 0 Å². The Morgan fingerprint density at radius 3 is 1.25 bits per heavy atom. The van der Waals surface area contributed by atoms with Crippen molar-refractivity contribution >= 4 is 0 Å². The van der Waals surface area contributed by atoms with Crippen LogP contribution in [0.3, 0.4) is 0 Å². The zero-order valence-corrected chi connectivity index (χ0v) is 7.51. The molecule has 31 valence electrons. The van der Waals surface area contributed by atoms with Crippen LogP contribution in [0.1, 0.15) is 0 Å². The van der Waals surface area contributed by atoms with E-state index in [0.29, 0.717) is 0 Å². The molecule has 0 bridgehead atoms. The molecule has 0 aliphatic carbocycles. The van der Waals surface area contributed by atoms with Gasteiger partial charge < -0.3 is 0 Å². The van der Waals surface area contributed by atoms with Crippen molar-refractivity contribution in [2.75, 3.05) is 0 Å². The average Bonchev–Trinajstić information content (AvgIpc) is 1.00. The molecule has 0 saturated heterocycles. The van der Waals surface area contributed by atoms with E-state index in [-0.39, 0.29) is 37.8 Å². The van der Waals surface area contributed by atoms with Gasteiger partial charge in [-0.25, -0.2) is 0 Å². The van der Waals surface area contributed by atoms with E-state index in [2.05, 4.69) is 12.9 Å². The quantitative estimate of drug-likeness (QED) is 0.552. The summed E-state index contributed by atoms with van der Waals surface area (Å²) in [6.45, 7) is 0. The van der Waals surface area contributed by atoms with Crippen LogP contribution in [0.25, 0.3) is 0 Å². The Hall–Kier alpha value is 2.38. The molecule has 0 heterocycles. The molecule has 0 fully saturated rings. The summed E-state index contributed by atoms with van der Waals surface area (Å²) in [6.07, 6.45) is 0. The van der Waals surface area contributed by atoms with Crippen LogP contribution in [0.2, 0.25) is 0 Å². The summed E-state index contributed by atoms with van der Waals surface area (Å²) in [4.78, 5) is 0. The Morgan fingerprint density at radius 2 is 1.25 bits per heavy atom. The third kappa shape index (κ3) is 8.83. The second-order valence-electron chi connectivity index (χ2n) is 0. The van der Waals surface area contributed by atoms with Crippen LogP contribution in [0, 0.1) is 0 Å². The molecule has 0 aromatic heterocycles. The summed E-state index contributed by atoms with van der Waals surface area (Å²) in [5.41, 5.74) is 0. The zero-order chi connectivity index (χ0) is 2.00. The molecule has 0 rings (SSSR count). The third-order valence-electron chi connectivity index (χ3n) is 0. The van der Waals surface area contributed by atoms with Crippen LogP contribution in [-0.2, 0) is 68.6 Å². The maximum absolute atomic E-state index is 3.88. The van der Waals surface area contributed by atoms with E-state index < -0.39 is 0 Å². The number of rotatable bonds is 0. The Kier molecular flexibility index (Phi) is 73.7. The predicted molar refractivity (Wildman–Crippen MR) is 0 cm³/mol. The van der Waals surface area contributed by atoms with Crippen LogP contribution in [0.15, 0.2) is 0 Å². The Morgan fingerprint density at radius 1 is 1.25 bits per heavy atom. The van der Waals surface area contributed by atoms with Gasteiger partial charge in [0, 0.05) is 37.8 Å². The summed E-state index contributed by atoms with van der Waals surface area (Å²) in [5, 5.41) is 0. The fourth-order valence-electron chi connectivity index (χ4n) is 0. The molecular weight excluding hydrogens is 310 g/mol. The maximum atomic E-state index is 3.88. The molecule has 0 saturated carbocycles. The van der Waals surface area contributed by atoms with Crippen molar-refractivity contribution in [3.63, 3.8) is 0 Å². The Labute approximate surface area is 67.7 Å². The molecular formula is CoMo2Ni. The Bertz CT molecular complexity index is 6.00. The van der Waals surface area contributed by atoms with E-state index in [1.165, 1.54) is 0 Å². The van der Waals surface area contributed by atoms with Gasteiger partial charge in [0.1, 0.15) is 0 Å². The molecule has 1 radical (unpaired) electrons. The van der Waals surface area contributed by atoms with E-state index in [4.69, 9.17) is 0 Å². The van der Waals surface area contributed by atoms with Crippen molar-refractivity contribution in [2.45, 2.75) is 0 Å².